The quantitative estimate of drug-likeness (QED) is 0.570. The number of amides is 2. The van der Waals surface area contributed by atoms with Gasteiger partial charge in [-0.2, -0.15) is 0 Å². The number of hydrogen-bond acceptors (Lipinski definition) is 7. The average Bonchev–Trinajstić information content (AvgIpc) is 3.30. The largest absolute Gasteiger partial charge is 0.484 e. The first kappa shape index (κ1) is 23.1. The third kappa shape index (κ3) is 3.97. The van der Waals surface area contributed by atoms with Crippen LogP contribution in [-0.2, 0) is 14.6 Å². The van der Waals surface area contributed by atoms with Gasteiger partial charge in [-0.3, -0.25) is 14.4 Å². The van der Waals surface area contributed by atoms with Crippen LogP contribution in [0.4, 0.5) is 0 Å². The molecule has 3 heterocycles. The summed E-state index contributed by atoms with van der Waals surface area (Å²) >= 11 is 0. The number of carbonyl (C=O) groups excluding carboxylic acids is 2. The van der Waals surface area contributed by atoms with Gasteiger partial charge in [0.1, 0.15) is 11.3 Å². The third-order valence-electron chi connectivity index (χ3n) is 6.70. The molecule has 2 amide bonds. The standard InChI is InChI=1S/C25H24N2O7S/c1-13-9-18-19(10-14(13)2)34-24-21(23(18)29)22(15-3-5-17(6-4-15)33-11-20(26)28)27(25(24)30)16-7-8-35(31,32)12-16/h3-6,9-10,16,22H,7-8,11-12H2,1-2H3,(H2,26,28). The number of hydrogen-bond donors (Lipinski definition) is 1. The zero-order valence-corrected chi connectivity index (χ0v) is 20.1. The van der Waals surface area contributed by atoms with Gasteiger partial charge in [0.25, 0.3) is 11.8 Å². The van der Waals surface area contributed by atoms with Gasteiger partial charge in [-0.15, -0.1) is 0 Å². The van der Waals surface area contributed by atoms with E-state index in [0.29, 0.717) is 22.3 Å². The summed E-state index contributed by atoms with van der Waals surface area (Å²) in [4.78, 5) is 39.8. The van der Waals surface area contributed by atoms with Gasteiger partial charge in [-0.25, -0.2) is 8.42 Å². The number of fused-ring (bicyclic) bond motifs is 2. The van der Waals surface area contributed by atoms with E-state index in [-0.39, 0.29) is 41.3 Å². The molecule has 1 fully saturated rings. The Labute approximate surface area is 201 Å². The lowest BCUT2D eigenvalue weighted by Gasteiger charge is -2.30. The molecule has 2 unspecified atom stereocenters. The first-order valence-electron chi connectivity index (χ1n) is 11.2. The molecule has 5 rings (SSSR count). The second-order valence-electron chi connectivity index (χ2n) is 9.10. The number of sulfone groups is 1. The minimum Gasteiger partial charge on any atom is -0.484 e. The molecule has 2 aromatic carbocycles. The molecule has 0 spiro atoms. The summed E-state index contributed by atoms with van der Waals surface area (Å²) in [5, 5.41) is 0.368. The van der Waals surface area contributed by atoms with Crippen molar-refractivity contribution in [1.82, 2.24) is 4.90 Å². The lowest BCUT2D eigenvalue weighted by atomic mass is 9.96. The van der Waals surface area contributed by atoms with E-state index in [1.807, 2.05) is 13.8 Å². The van der Waals surface area contributed by atoms with Gasteiger partial charge in [-0.1, -0.05) is 12.1 Å². The van der Waals surface area contributed by atoms with Crippen molar-refractivity contribution in [2.45, 2.75) is 32.4 Å². The van der Waals surface area contributed by atoms with E-state index in [1.54, 1.807) is 36.4 Å². The third-order valence-corrected chi connectivity index (χ3v) is 8.45. The highest BCUT2D eigenvalue weighted by atomic mass is 32.2. The highest BCUT2D eigenvalue weighted by Crippen LogP contribution is 2.42. The van der Waals surface area contributed by atoms with Crippen LogP contribution in [0, 0.1) is 13.8 Å². The van der Waals surface area contributed by atoms with Crippen molar-refractivity contribution in [1.29, 1.82) is 0 Å². The number of primary amides is 1. The zero-order valence-electron chi connectivity index (χ0n) is 19.2. The van der Waals surface area contributed by atoms with E-state index in [9.17, 15) is 22.8 Å². The normalized spacial score (nSPS) is 20.9. The van der Waals surface area contributed by atoms with Crippen LogP contribution in [0.3, 0.4) is 0 Å². The summed E-state index contributed by atoms with van der Waals surface area (Å²) in [5.41, 5.74) is 7.76. The van der Waals surface area contributed by atoms with Crippen molar-refractivity contribution < 1.29 is 27.2 Å². The molecule has 0 saturated carbocycles. The van der Waals surface area contributed by atoms with Crippen LogP contribution in [0.15, 0.2) is 45.6 Å². The molecule has 3 aromatic rings. The summed E-state index contributed by atoms with van der Waals surface area (Å²) in [6.07, 6.45) is 0.282. The molecular formula is C25H24N2O7S. The molecular weight excluding hydrogens is 472 g/mol. The Morgan fingerprint density at radius 2 is 1.83 bits per heavy atom. The number of benzene rings is 2. The van der Waals surface area contributed by atoms with Crippen molar-refractivity contribution in [2.75, 3.05) is 18.1 Å². The Kier molecular flexibility index (Phi) is 5.43. The fourth-order valence-corrected chi connectivity index (χ4v) is 6.56. The molecule has 1 aromatic heterocycles. The molecule has 182 valence electrons. The van der Waals surface area contributed by atoms with Crippen LogP contribution >= 0.6 is 0 Å². The molecule has 9 nitrogen and oxygen atoms in total. The number of aryl methyl sites for hydroxylation is 2. The maximum absolute atomic E-state index is 13.7. The van der Waals surface area contributed by atoms with Gasteiger partial charge in [0.2, 0.25) is 5.76 Å². The molecule has 2 aliphatic rings. The molecule has 2 N–H and O–H groups in total. The van der Waals surface area contributed by atoms with Crippen molar-refractivity contribution in [3.63, 3.8) is 0 Å². The first-order valence-corrected chi connectivity index (χ1v) is 13.0. The van der Waals surface area contributed by atoms with Crippen LogP contribution < -0.4 is 15.9 Å². The van der Waals surface area contributed by atoms with Gasteiger partial charge in [0, 0.05) is 6.04 Å². The second-order valence-corrected chi connectivity index (χ2v) is 11.3. The second kappa shape index (κ2) is 8.23. The van der Waals surface area contributed by atoms with Crippen molar-refractivity contribution in [3.05, 3.63) is 74.6 Å². The van der Waals surface area contributed by atoms with Crippen molar-refractivity contribution in [3.8, 4) is 5.75 Å². The van der Waals surface area contributed by atoms with Crippen LogP contribution in [0.25, 0.3) is 11.0 Å². The van der Waals surface area contributed by atoms with Crippen LogP contribution in [0.5, 0.6) is 5.75 Å². The zero-order chi connectivity index (χ0) is 25.1. The first-order chi connectivity index (χ1) is 16.6. The van der Waals surface area contributed by atoms with Crippen LogP contribution in [-0.4, -0.2) is 49.3 Å². The smallest absolute Gasteiger partial charge is 0.291 e. The molecule has 10 heteroatoms. The highest BCUT2D eigenvalue weighted by molar-refractivity contribution is 7.91. The maximum Gasteiger partial charge on any atom is 0.291 e. The molecule has 1 saturated heterocycles. The predicted octanol–water partition coefficient (Wildman–Crippen LogP) is 2.01. The Morgan fingerprint density at radius 1 is 1.14 bits per heavy atom. The van der Waals surface area contributed by atoms with Gasteiger partial charge >= 0.3 is 0 Å². The Bertz CT molecular complexity index is 1540. The Balaban J connectivity index is 1.67. The van der Waals surface area contributed by atoms with E-state index in [2.05, 4.69) is 0 Å². The Hall–Kier alpha value is -3.66. The van der Waals surface area contributed by atoms with Crippen molar-refractivity contribution >= 4 is 32.6 Å². The SMILES string of the molecule is Cc1cc2oc3c(c(=O)c2cc1C)C(c1ccc(OCC(N)=O)cc1)N(C1CCS(=O)(=O)C1)C3=O. The molecule has 0 radical (unpaired) electrons. The molecule has 2 aliphatic heterocycles. The van der Waals surface area contributed by atoms with Crippen molar-refractivity contribution in [2.24, 2.45) is 5.73 Å². The highest BCUT2D eigenvalue weighted by Gasteiger charge is 2.48. The summed E-state index contributed by atoms with van der Waals surface area (Å²) < 4.78 is 35.8. The van der Waals surface area contributed by atoms with Gasteiger partial charge in [0.05, 0.1) is 28.5 Å². The molecule has 0 aliphatic carbocycles. The summed E-state index contributed by atoms with van der Waals surface area (Å²) in [6, 6.07) is 8.68. The van der Waals surface area contributed by atoms with Gasteiger partial charge < -0.3 is 19.8 Å². The van der Waals surface area contributed by atoms with E-state index in [0.717, 1.165) is 11.1 Å². The summed E-state index contributed by atoms with van der Waals surface area (Å²) in [7, 11) is -3.30. The topological polar surface area (TPSA) is 137 Å². The minimum atomic E-state index is -3.30. The van der Waals surface area contributed by atoms with E-state index < -0.39 is 33.7 Å². The van der Waals surface area contributed by atoms with Gasteiger partial charge in [-0.05, 0) is 61.2 Å². The van der Waals surface area contributed by atoms with E-state index in [4.69, 9.17) is 14.9 Å². The predicted molar refractivity (Wildman–Crippen MR) is 128 cm³/mol. The maximum atomic E-state index is 13.7. The minimum absolute atomic E-state index is 0.0217. The summed E-state index contributed by atoms with van der Waals surface area (Å²) in [5.74, 6) is -0.981. The average molecular weight is 497 g/mol. The lowest BCUT2D eigenvalue weighted by Crippen LogP contribution is -2.40. The summed E-state index contributed by atoms with van der Waals surface area (Å²) in [6.45, 7) is 3.50. The molecule has 0 bridgehead atoms. The van der Waals surface area contributed by atoms with Gasteiger partial charge in [0.15, 0.2) is 21.9 Å². The fraction of sp³-hybridized carbons (Fsp3) is 0.320. The Morgan fingerprint density at radius 3 is 2.46 bits per heavy atom. The number of carbonyl (C=O) groups is 2. The number of ether oxygens (including phenoxy) is 1. The van der Waals surface area contributed by atoms with E-state index >= 15 is 0 Å². The monoisotopic (exact) mass is 496 g/mol. The number of nitrogens with zero attached hydrogens (tertiary/aromatic N) is 1. The fourth-order valence-electron chi connectivity index (χ4n) is 4.85. The van der Waals surface area contributed by atoms with Crippen LogP contribution in [0.1, 0.15) is 45.3 Å². The number of rotatable bonds is 5. The van der Waals surface area contributed by atoms with Crippen LogP contribution in [0.2, 0.25) is 0 Å². The molecule has 35 heavy (non-hydrogen) atoms. The number of nitrogens with two attached hydrogens (primary N) is 1. The molecule has 2 atom stereocenters. The van der Waals surface area contributed by atoms with E-state index in [1.165, 1.54) is 4.90 Å². The lowest BCUT2D eigenvalue weighted by molar-refractivity contribution is -0.119.